The highest BCUT2D eigenvalue weighted by Crippen LogP contribution is 2.21. The van der Waals surface area contributed by atoms with Crippen molar-refractivity contribution in [3.63, 3.8) is 0 Å². The van der Waals surface area contributed by atoms with Crippen LogP contribution in [-0.4, -0.2) is 42.8 Å². The van der Waals surface area contributed by atoms with Gasteiger partial charge in [0, 0.05) is 12.1 Å². The molecule has 0 rings (SSSR count). The molecular formula is C13H27F3N2. The second-order valence-electron chi connectivity index (χ2n) is 4.61. The molecule has 18 heavy (non-hydrogen) atoms. The first kappa shape index (κ1) is 17.7. The summed E-state index contributed by atoms with van der Waals surface area (Å²) in [4.78, 5) is 1.54. The molecule has 0 aromatic heterocycles. The van der Waals surface area contributed by atoms with Gasteiger partial charge >= 0.3 is 6.18 Å². The van der Waals surface area contributed by atoms with Crippen LogP contribution in [0.15, 0.2) is 0 Å². The largest absolute Gasteiger partial charge is 0.401 e. The fraction of sp³-hybridized carbons (Fsp3) is 1.00. The van der Waals surface area contributed by atoms with Gasteiger partial charge in [0.05, 0.1) is 6.54 Å². The molecule has 0 aliphatic heterocycles. The minimum absolute atomic E-state index is 0.0449. The smallest absolute Gasteiger partial charge is 0.313 e. The first-order valence-electron chi connectivity index (χ1n) is 6.93. The SMILES string of the molecule is CCCC(NCC)C(CC)N(CC)CC(F)(F)F. The van der Waals surface area contributed by atoms with E-state index in [1.807, 2.05) is 13.8 Å². The summed E-state index contributed by atoms with van der Waals surface area (Å²) in [7, 11) is 0. The summed E-state index contributed by atoms with van der Waals surface area (Å²) >= 11 is 0. The van der Waals surface area contributed by atoms with E-state index in [-0.39, 0.29) is 12.1 Å². The zero-order valence-corrected chi connectivity index (χ0v) is 12.0. The van der Waals surface area contributed by atoms with Crippen LogP contribution in [0.2, 0.25) is 0 Å². The third kappa shape index (κ3) is 6.59. The Morgan fingerprint density at radius 2 is 1.72 bits per heavy atom. The van der Waals surface area contributed by atoms with Gasteiger partial charge in [-0.2, -0.15) is 13.2 Å². The van der Waals surface area contributed by atoms with Gasteiger partial charge in [0.2, 0.25) is 0 Å². The highest BCUT2D eigenvalue weighted by atomic mass is 19.4. The number of halogens is 3. The lowest BCUT2D eigenvalue weighted by molar-refractivity contribution is -0.151. The Balaban J connectivity index is 4.74. The summed E-state index contributed by atoms with van der Waals surface area (Å²) in [6.07, 6.45) is -1.48. The number of rotatable bonds is 9. The van der Waals surface area contributed by atoms with Crippen LogP contribution in [0, 0.1) is 0 Å². The van der Waals surface area contributed by atoms with Gasteiger partial charge in [-0.15, -0.1) is 0 Å². The van der Waals surface area contributed by atoms with Crippen LogP contribution in [0.3, 0.4) is 0 Å². The maximum Gasteiger partial charge on any atom is 0.401 e. The van der Waals surface area contributed by atoms with Gasteiger partial charge < -0.3 is 5.32 Å². The number of hydrogen-bond donors (Lipinski definition) is 1. The fourth-order valence-corrected chi connectivity index (χ4v) is 2.49. The Hall–Kier alpha value is -0.290. The van der Waals surface area contributed by atoms with Crippen molar-refractivity contribution in [2.45, 2.75) is 65.2 Å². The maximum absolute atomic E-state index is 12.6. The summed E-state index contributed by atoms with van der Waals surface area (Å²) in [5, 5.41) is 3.33. The Kier molecular flexibility index (Phi) is 8.61. The predicted molar refractivity (Wildman–Crippen MR) is 69.8 cm³/mol. The number of nitrogens with zero attached hydrogens (tertiary/aromatic N) is 1. The van der Waals surface area contributed by atoms with Gasteiger partial charge in [-0.3, -0.25) is 4.90 Å². The molecule has 0 bridgehead atoms. The summed E-state index contributed by atoms with van der Waals surface area (Å²) in [6.45, 7) is 8.24. The summed E-state index contributed by atoms with van der Waals surface area (Å²) in [5.41, 5.74) is 0. The van der Waals surface area contributed by atoms with E-state index < -0.39 is 12.7 Å². The number of likely N-dealkylation sites (N-methyl/N-ethyl adjacent to an activating group) is 2. The van der Waals surface area contributed by atoms with Gasteiger partial charge in [0.1, 0.15) is 0 Å². The molecule has 0 fully saturated rings. The molecule has 1 N–H and O–H groups in total. The molecule has 2 nitrogen and oxygen atoms in total. The summed E-state index contributed by atoms with van der Waals surface area (Å²) < 4.78 is 37.7. The zero-order valence-electron chi connectivity index (χ0n) is 12.0. The standard InChI is InChI=1S/C13H27F3N2/c1-5-9-11(17-7-3)12(6-2)18(8-4)10-13(14,15)16/h11-12,17H,5-10H2,1-4H3. The second-order valence-corrected chi connectivity index (χ2v) is 4.61. The van der Waals surface area contributed by atoms with Crippen LogP contribution >= 0.6 is 0 Å². The topological polar surface area (TPSA) is 15.3 Å². The van der Waals surface area contributed by atoms with Gasteiger partial charge in [0.25, 0.3) is 0 Å². The van der Waals surface area contributed by atoms with Gasteiger partial charge in [-0.05, 0) is 25.9 Å². The van der Waals surface area contributed by atoms with Gasteiger partial charge in [-0.25, -0.2) is 0 Å². The molecule has 0 saturated carbocycles. The Morgan fingerprint density at radius 1 is 1.11 bits per heavy atom. The minimum Gasteiger partial charge on any atom is -0.313 e. The van der Waals surface area contributed by atoms with Crippen molar-refractivity contribution in [1.29, 1.82) is 0 Å². The van der Waals surface area contributed by atoms with Crippen LogP contribution in [0.25, 0.3) is 0 Å². The van der Waals surface area contributed by atoms with Crippen LogP contribution in [0.4, 0.5) is 13.2 Å². The van der Waals surface area contributed by atoms with Crippen LogP contribution in [-0.2, 0) is 0 Å². The zero-order chi connectivity index (χ0) is 14.2. The van der Waals surface area contributed by atoms with Crippen LogP contribution in [0.1, 0.15) is 47.0 Å². The molecular weight excluding hydrogens is 241 g/mol. The van der Waals surface area contributed by atoms with E-state index in [1.54, 1.807) is 11.8 Å². The van der Waals surface area contributed by atoms with E-state index in [0.29, 0.717) is 6.54 Å². The normalized spacial score (nSPS) is 16.0. The van der Waals surface area contributed by atoms with E-state index in [2.05, 4.69) is 12.2 Å². The highest BCUT2D eigenvalue weighted by Gasteiger charge is 2.34. The lowest BCUT2D eigenvalue weighted by Crippen LogP contribution is -2.52. The van der Waals surface area contributed by atoms with E-state index >= 15 is 0 Å². The molecule has 0 spiro atoms. The number of nitrogens with one attached hydrogen (secondary N) is 1. The van der Waals surface area contributed by atoms with Crippen molar-refractivity contribution in [2.24, 2.45) is 0 Å². The van der Waals surface area contributed by atoms with E-state index in [0.717, 1.165) is 25.8 Å². The molecule has 2 unspecified atom stereocenters. The van der Waals surface area contributed by atoms with E-state index in [9.17, 15) is 13.2 Å². The molecule has 0 aliphatic carbocycles. The van der Waals surface area contributed by atoms with E-state index in [1.165, 1.54) is 0 Å². The number of alkyl halides is 3. The first-order chi connectivity index (χ1) is 8.39. The highest BCUT2D eigenvalue weighted by molar-refractivity contribution is 4.84. The van der Waals surface area contributed by atoms with Crippen molar-refractivity contribution >= 4 is 0 Å². The van der Waals surface area contributed by atoms with Crippen LogP contribution < -0.4 is 5.32 Å². The average molecular weight is 268 g/mol. The molecule has 0 heterocycles. The monoisotopic (exact) mass is 268 g/mol. The van der Waals surface area contributed by atoms with E-state index in [4.69, 9.17) is 0 Å². The Bertz CT molecular complexity index is 201. The van der Waals surface area contributed by atoms with Crippen molar-refractivity contribution in [3.05, 3.63) is 0 Å². The van der Waals surface area contributed by atoms with Crippen molar-refractivity contribution < 1.29 is 13.2 Å². The van der Waals surface area contributed by atoms with Crippen molar-refractivity contribution in [3.8, 4) is 0 Å². The quantitative estimate of drug-likeness (QED) is 0.689. The van der Waals surface area contributed by atoms with Crippen molar-refractivity contribution in [2.75, 3.05) is 19.6 Å². The summed E-state index contributed by atoms with van der Waals surface area (Å²) in [5.74, 6) is 0. The molecule has 5 heteroatoms. The average Bonchev–Trinajstić information content (AvgIpc) is 2.27. The number of hydrogen-bond acceptors (Lipinski definition) is 2. The van der Waals surface area contributed by atoms with Crippen LogP contribution in [0.5, 0.6) is 0 Å². The lowest BCUT2D eigenvalue weighted by Gasteiger charge is -2.36. The third-order valence-electron chi connectivity index (χ3n) is 3.21. The molecule has 0 aliphatic rings. The van der Waals surface area contributed by atoms with Gasteiger partial charge in [0.15, 0.2) is 0 Å². The molecule has 0 amide bonds. The molecule has 0 radical (unpaired) electrons. The second kappa shape index (κ2) is 8.75. The molecule has 2 atom stereocenters. The Labute approximate surface area is 109 Å². The van der Waals surface area contributed by atoms with Crippen molar-refractivity contribution in [1.82, 2.24) is 10.2 Å². The molecule has 0 aromatic carbocycles. The third-order valence-corrected chi connectivity index (χ3v) is 3.21. The first-order valence-corrected chi connectivity index (χ1v) is 6.93. The minimum atomic E-state index is -4.12. The fourth-order valence-electron chi connectivity index (χ4n) is 2.49. The van der Waals surface area contributed by atoms with Gasteiger partial charge in [-0.1, -0.05) is 34.1 Å². The molecule has 0 saturated heterocycles. The maximum atomic E-state index is 12.6. The lowest BCUT2D eigenvalue weighted by atomic mass is 9.99. The summed E-state index contributed by atoms with van der Waals surface area (Å²) in [6, 6.07) is 0.101. The molecule has 110 valence electrons. The Morgan fingerprint density at radius 3 is 2.06 bits per heavy atom. The predicted octanol–water partition coefficient (Wildman–Crippen LogP) is 3.43. The molecule has 0 aromatic rings.